The van der Waals surface area contributed by atoms with Crippen LogP contribution < -0.4 is 5.32 Å². The number of nitrogens with zero attached hydrogens (tertiary/aromatic N) is 2. The van der Waals surface area contributed by atoms with Gasteiger partial charge in [0.05, 0.1) is 5.02 Å². The Bertz CT molecular complexity index is 954. The Morgan fingerprint density at radius 2 is 1.84 bits per heavy atom. The normalized spacial score (nSPS) is 20.7. The molecule has 0 spiro atoms. The van der Waals surface area contributed by atoms with E-state index in [9.17, 15) is 18.0 Å². The fourth-order valence-electron chi connectivity index (χ4n) is 4.01. The van der Waals surface area contributed by atoms with E-state index in [1.54, 1.807) is 0 Å². The third-order valence-electron chi connectivity index (χ3n) is 5.83. The Kier molecular flexibility index (Phi) is 8.12. The molecule has 8 nitrogen and oxygen atoms in total. The maximum atomic E-state index is 13.3. The number of carboxylic acid groups (broad SMARTS) is 1. The van der Waals surface area contributed by atoms with E-state index in [4.69, 9.17) is 28.3 Å². The van der Waals surface area contributed by atoms with Crippen LogP contribution in [0.2, 0.25) is 10.0 Å². The first kappa shape index (κ1) is 24.6. The molecule has 0 radical (unpaired) electrons. The van der Waals surface area contributed by atoms with Gasteiger partial charge in [0.25, 0.3) is 0 Å². The average Bonchev–Trinajstić information content (AvgIpc) is 3.23. The molecular weight excluding hydrogens is 533 g/mol. The van der Waals surface area contributed by atoms with E-state index in [2.05, 4.69) is 21.2 Å². The first-order valence-corrected chi connectivity index (χ1v) is 13.3. The molecule has 2 saturated heterocycles. The van der Waals surface area contributed by atoms with Crippen LogP contribution in [0.15, 0.2) is 17.0 Å². The molecule has 0 aromatic heterocycles. The minimum Gasteiger partial charge on any atom is -0.465 e. The summed E-state index contributed by atoms with van der Waals surface area (Å²) in [6, 6.07) is 2.06. The first-order valence-electron chi connectivity index (χ1n) is 9.97. The molecule has 172 valence electrons. The number of halogens is 3. The molecule has 2 N–H and O–H groups in total. The van der Waals surface area contributed by atoms with Crippen molar-refractivity contribution in [1.29, 1.82) is 0 Å². The predicted octanol–water partition coefficient (Wildman–Crippen LogP) is 3.55. The summed E-state index contributed by atoms with van der Waals surface area (Å²) in [5, 5.41) is 12.6. The number of carbonyl (C=O) groups excluding carboxylic acids is 1. The maximum Gasteiger partial charge on any atom is 0.407 e. The molecular formula is C19H24BrCl2N3O5S. The number of piperidine rings is 1. The second-order valence-electron chi connectivity index (χ2n) is 7.70. The Hall–Kier alpha value is -1.07. The topological polar surface area (TPSA) is 107 Å². The van der Waals surface area contributed by atoms with Crippen molar-refractivity contribution in [3.05, 3.63) is 27.7 Å². The van der Waals surface area contributed by atoms with E-state index in [1.807, 2.05) is 0 Å². The smallest absolute Gasteiger partial charge is 0.407 e. The number of carbonyl (C=O) groups is 2. The van der Waals surface area contributed by atoms with Gasteiger partial charge in [-0.15, -0.1) is 0 Å². The lowest BCUT2D eigenvalue weighted by Gasteiger charge is -2.30. The average molecular weight is 557 g/mol. The number of alkyl halides is 1. The van der Waals surface area contributed by atoms with Gasteiger partial charge in [-0.05, 0) is 43.7 Å². The zero-order valence-corrected chi connectivity index (χ0v) is 20.6. The van der Waals surface area contributed by atoms with Crippen LogP contribution in [0, 0.1) is 5.92 Å². The summed E-state index contributed by atoms with van der Waals surface area (Å²) in [6.07, 6.45) is 1.39. The van der Waals surface area contributed by atoms with Crippen molar-refractivity contribution in [3.8, 4) is 0 Å². The number of amides is 2. The van der Waals surface area contributed by atoms with E-state index < -0.39 is 22.2 Å². The fourth-order valence-corrected chi connectivity index (χ4v) is 7.46. The Balaban J connectivity index is 1.68. The van der Waals surface area contributed by atoms with Gasteiger partial charge >= 0.3 is 6.09 Å². The summed E-state index contributed by atoms with van der Waals surface area (Å²) < 4.78 is 27.8. The van der Waals surface area contributed by atoms with Gasteiger partial charge in [-0.25, -0.2) is 13.2 Å². The van der Waals surface area contributed by atoms with Gasteiger partial charge in [0.2, 0.25) is 15.9 Å². The van der Waals surface area contributed by atoms with Crippen molar-refractivity contribution in [3.63, 3.8) is 0 Å². The summed E-state index contributed by atoms with van der Waals surface area (Å²) in [5.41, 5.74) is 0.484. The van der Waals surface area contributed by atoms with Crippen molar-refractivity contribution in [2.24, 2.45) is 5.92 Å². The number of sulfonamides is 1. The lowest BCUT2D eigenvalue weighted by atomic mass is 9.97. The minimum absolute atomic E-state index is 0.0561. The second-order valence-corrected chi connectivity index (χ2v) is 10.9. The number of likely N-dealkylation sites (tertiary alicyclic amines) is 1. The largest absolute Gasteiger partial charge is 0.465 e. The molecule has 2 amide bonds. The fraction of sp³-hybridized carbons (Fsp3) is 0.579. The standard InChI is InChI=1S/C19H24BrCl2N3O5S/c20-10-13-14(21)3-4-16(17(13)22)31(29,30)25-7-1-2-15(25)18(26)23-11-12-5-8-24(9-6-12)19(27)28/h3-4,12,15H,1-2,5-11H2,(H,23,26)(H,27,28)/t15-/m0/s1. The molecule has 1 aromatic rings. The molecule has 2 heterocycles. The molecule has 0 aliphatic carbocycles. The second kappa shape index (κ2) is 10.2. The first-order chi connectivity index (χ1) is 14.7. The molecule has 1 aromatic carbocycles. The van der Waals surface area contributed by atoms with E-state index in [0.29, 0.717) is 61.2 Å². The van der Waals surface area contributed by atoms with Gasteiger partial charge in [0.15, 0.2) is 0 Å². The van der Waals surface area contributed by atoms with Gasteiger partial charge in [-0.2, -0.15) is 4.31 Å². The Morgan fingerprint density at radius 1 is 1.16 bits per heavy atom. The van der Waals surface area contributed by atoms with E-state index in [0.717, 1.165) is 0 Å². The zero-order chi connectivity index (χ0) is 22.8. The zero-order valence-electron chi connectivity index (χ0n) is 16.7. The molecule has 2 aliphatic rings. The predicted molar refractivity (Wildman–Crippen MR) is 121 cm³/mol. The van der Waals surface area contributed by atoms with Crippen LogP contribution in [-0.2, 0) is 20.1 Å². The van der Waals surface area contributed by atoms with Gasteiger partial charge in [0, 0.05) is 42.1 Å². The van der Waals surface area contributed by atoms with E-state index in [-0.39, 0.29) is 28.3 Å². The van der Waals surface area contributed by atoms with Crippen LogP contribution in [0.5, 0.6) is 0 Å². The van der Waals surface area contributed by atoms with Crippen molar-refractivity contribution >= 4 is 61.2 Å². The van der Waals surface area contributed by atoms with Crippen molar-refractivity contribution in [2.75, 3.05) is 26.2 Å². The lowest BCUT2D eigenvalue weighted by molar-refractivity contribution is -0.124. The highest BCUT2D eigenvalue weighted by Crippen LogP contribution is 2.36. The van der Waals surface area contributed by atoms with Crippen LogP contribution in [0.4, 0.5) is 4.79 Å². The molecule has 31 heavy (non-hydrogen) atoms. The summed E-state index contributed by atoms with van der Waals surface area (Å²) >= 11 is 15.7. The number of nitrogens with one attached hydrogen (secondary N) is 1. The molecule has 0 saturated carbocycles. The lowest BCUT2D eigenvalue weighted by Crippen LogP contribution is -2.48. The highest BCUT2D eigenvalue weighted by Gasteiger charge is 2.40. The molecule has 2 aliphatic heterocycles. The Labute approximate surface area is 200 Å². The van der Waals surface area contributed by atoms with Crippen LogP contribution >= 0.6 is 39.1 Å². The highest BCUT2D eigenvalue weighted by molar-refractivity contribution is 9.08. The number of benzene rings is 1. The van der Waals surface area contributed by atoms with Gasteiger partial charge < -0.3 is 15.3 Å². The SMILES string of the molecule is O=C(NCC1CCN(C(=O)O)CC1)[C@@H]1CCCN1S(=O)(=O)c1ccc(Cl)c(CBr)c1Cl. The minimum atomic E-state index is -3.98. The number of hydrogen-bond donors (Lipinski definition) is 2. The molecule has 2 fully saturated rings. The maximum absolute atomic E-state index is 13.3. The van der Waals surface area contributed by atoms with Gasteiger partial charge in [-0.3, -0.25) is 4.79 Å². The van der Waals surface area contributed by atoms with Gasteiger partial charge in [0.1, 0.15) is 10.9 Å². The quantitative estimate of drug-likeness (QED) is 0.521. The van der Waals surface area contributed by atoms with Crippen molar-refractivity contribution in [1.82, 2.24) is 14.5 Å². The molecule has 0 unspecified atom stereocenters. The van der Waals surface area contributed by atoms with Crippen LogP contribution in [0.3, 0.4) is 0 Å². The molecule has 0 bridgehead atoms. The van der Waals surface area contributed by atoms with Crippen LogP contribution in [0.25, 0.3) is 0 Å². The number of rotatable bonds is 6. The van der Waals surface area contributed by atoms with Crippen LogP contribution in [0.1, 0.15) is 31.2 Å². The summed E-state index contributed by atoms with van der Waals surface area (Å²) in [5.74, 6) is -0.175. The summed E-state index contributed by atoms with van der Waals surface area (Å²) in [6.45, 7) is 1.50. The van der Waals surface area contributed by atoms with Crippen LogP contribution in [-0.4, -0.2) is 67.0 Å². The molecule has 3 rings (SSSR count). The van der Waals surface area contributed by atoms with Crippen molar-refractivity contribution in [2.45, 2.75) is 42.0 Å². The monoisotopic (exact) mass is 555 g/mol. The van der Waals surface area contributed by atoms with E-state index >= 15 is 0 Å². The van der Waals surface area contributed by atoms with E-state index in [1.165, 1.54) is 21.3 Å². The Morgan fingerprint density at radius 3 is 2.45 bits per heavy atom. The van der Waals surface area contributed by atoms with Crippen molar-refractivity contribution < 1.29 is 23.1 Å². The molecule has 1 atom stereocenters. The summed E-state index contributed by atoms with van der Waals surface area (Å²) in [7, 11) is -3.98. The molecule has 12 heteroatoms. The highest BCUT2D eigenvalue weighted by atomic mass is 79.9. The third-order valence-corrected chi connectivity index (χ3v) is 9.24. The van der Waals surface area contributed by atoms with Gasteiger partial charge in [-0.1, -0.05) is 39.1 Å². The summed E-state index contributed by atoms with van der Waals surface area (Å²) in [4.78, 5) is 25.1. The number of hydrogen-bond acceptors (Lipinski definition) is 4. The third kappa shape index (κ3) is 5.30.